The number of amides is 2. The fourth-order valence-electron chi connectivity index (χ4n) is 3.68. The van der Waals surface area contributed by atoms with Gasteiger partial charge in [0.1, 0.15) is 23.1 Å². The highest BCUT2D eigenvalue weighted by molar-refractivity contribution is 6.09. The molecule has 0 spiro atoms. The number of anilines is 2. The number of benzene rings is 3. The minimum atomic E-state index is -0.599. The van der Waals surface area contributed by atoms with Crippen LogP contribution in [0.25, 0.3) is 10.9 Å². The van der Waals surface area contributed by atoms with Crippen molar-refractivity contribution in [2.75, 3.05) is 39.0 Å². The summed E-state index contributed by atoms with van der Waals surface area (Å²) in [6.07, 6.45) is 1.66. The second-order valence-electron chi connectivity index (χ2n) is 7.75. The predicted octanol–water partition coefficient (Wildman–Crippen LogP) is 5.03. The Balaban J connectivity index is 1.57. The Labute approximate surface area is 214 Å². The molecule has 4 N–H and O–H groups in total. The zero-order valence-electron chi connectivity index (χ0n) is 20.9. The van der Waals surface area contributed by atoms with E-state index in [1.165, 1.54) is 0 Å². The first-order valence-corrected chi connectivity index (χ1v) is 11.3. The van der Waals surface area contributed by atoms with Crippen molar-refractivity contribution in [1.29, 1.82) is 0 Å². The summed E-state index contributed by atoms with van der Waals surface area (Å²) in [7, 11) is 6.46. The van der Waals surface area contributed by atoms with Gasteiger partial charge >= 0.3 is 6.03 Å². The molecule has 3 aromatic carbocycles. The van der Waals surface area contributed by atoms with E-state index in [0.29, 0.717) is 51.2 Å². The Morgan fingerprint density at radius 1 is 0.865 bits per heavy atom. The van der Waals surface area contributed by atoms with Gasteiger partial charge in [-0.15, -0.1) is 0 Å². The van der Waals surface area contributed by atoms with E-state index in [2.05, 4.69) is 20.6 Å². The SMILES string of the molecule is CNc1cc(Oc2ccnc3cc(OC)c(OC)cc23)ccc1C(N)=NC(=O)Nc1ccc(OC)cc1. The van der Waals surface area contributed by atoms with Gasteiger partial charge in [-0.3, -0.25) is 4.98 Å². The van der Waals surface area contributed by atoms with Crippen LogP contribution in [-0.4, -0.2) is 45.2 Å². The third-order valence-electron chi connectivity index (χ3n) is 5.53. The third-order valence-corrected chi connectivity index (χ3v) is 5.53. The highest BCUT2D eigenvalue weighted by atomic mass is 16.5. The van der Waals surface area contributed by atoms with E-state index in [-0.39, 0.29) is 5.84 Å². The second-order valence-corrected chi connectivity index (χ2v) is 7.75. The summed E-state index contributed by atoms with van der Waals surface area (Å²) in [4.78, 5) is 20.8. The van der Waals surface area contributed by atoms with E-state index < -0.39 is 6.03 Å². The lowest BCUT2D eigenvalue weighted by Crippen LogP contribution is -2.19. The third kappa shape index (κ3) is 5.64. The summed E-state index contributed by atoms with van der Waals surface area (Å²) in [6.45, 7) is 0. The van der Waals surface area contributed by atoms with Crippen LogP contribution in [0.5, 0.6) is 28.7 Å². The summed E-state index contributed by atoms with van der Waals surface area (Å²) < 4.78 is 22.1. The maximum absolute atomic E-state index is 12.4. The number of methoxy groups -OCH3 is 3. The molecule has 190 valence electrons. The van der Waals surface area contributed by atoms with Crippen LogP contribution in [0.1, 0.15) is 5.56 Å². The molecule has 0 fully saturated rings. The zero-order chi connectivity index (χ0) is 26.4. The van der Waals surface area contributed by atoms with Crippen LogP contribution in [0.3, 0.4) is 0 Å². The normalized spacial score (nSPS) is 11.1. The number of hydrogen-bond donors (Lipinski definition) is 3. The summed E-state index contributed by atoms with van der Waals surface area (Å²) >= 11 is 0. The number of rotatable bonds is 8. The van der Waals surface area contributed by atoms with Crippen LogP contribution in [0.4, 0.5) is 16.2 Å². The van der Waals surface area contributed by atoms with Crippen LogP contribution in [0, 0.1) is 0 Å². The van der Waals surface area contributed by atoms with Gasteiger partial charge in [-0.25, -0.2) is 4.79 Å². The number of fused-ring (bicyclic) bond motifs is 1. The van der Waals surface area contributed by atoms with Gasteiger partial charge in [0.05, 0.1) is 26.8 Å². The fraction of sp³-hybridized carbons (Fsp3) is 0.148. The van der Waals surface area contributed by atoms with Crippen molar-refractivity contribution < 1.29 is 23.7 Å². The Bertz CT molecular complexity index is 1450. The number of carbonyl (C=O) groups is 1. The number of amidine groups is 1. The van der Waals surface area contributed by atoms with Crippen molar-refractivity contribution in [2.45, 2.75) is 0 Å². The molecule has 1 aromatic heterocycles. The Morgan fingerprint density at radius 3 is 2.24 bits per heavy atom. The molecular formula is C27H27N5O5. The maximum Gasteiger partial charge on any atom is 0.347 e. The van der Waals surface area contributed by atoms with E-state index in [9.17, 15) is 4.79 Å². The van der Waals surface area contributed by atoms with Gasteiger partial charge < -0.3 is 35.3 Å². The molecule has 0 atom stereocenters. The average Bonchev–Trinajstić information content (AvgIpc) is 2.92. The average molecular weight is 502 g/mol. The first-order valence-electron chi connectivity index (χ1n) is 11.3. The van der Waals surface area contributed by atoms with Gasteiger partial charge in [0.15, 0.2) is 11.5 Å². The Morgan fingerprint density at radius 2 is 1.57 bits per heavy atom. The van der Waals surface area contributed by atoms with Gasteiger partial charge in [0, 0.05) is 47.7 Å². The van der Waals surface area contributed by atoms with Crippen molar-refractivity contribution in [1.82, 2.24) is 4.98 Å². The molecule has 1 heterocycles. The number of ether oxygens (including phenoxy) is 4. The molecule has 4 aromatic rings. The Hall–Kier alpha value is -4.99. The molecule has 0 saturated carbocycles. The van der Waals surface area contributed by atoms with Crippen LogP contribution in [0.15, 0.2) is 71.9 Å². The first kappa shape index (κ1) is 25.1. The van der Waals surface area contributed by atoms with Crippen LogP contribution < -0.4 is 35.3 Å². The monoisotopic (exact) mass is 501 g/mol. The van der Waals surface area contributed by atoms with E-state index >= 15 is 0 Å². The molecule has 0 radical (unpaired) electrons. The lowest BCUT2D eigenvalue weighted by molar-refractivity contribution is 0.259. The molecule has 0 aliphatic heterocycles. The molecule has 0 saturated heterocycles. The number of aliphatic imine (C=N–C) groups is 1. The number of nitrogens with one attached hydrogen (secondary N) is 2. The molecule has 10 heteroatoms. The van der Waals surface area contributed by atoms with Crippen LogP contribution >= 0.6 is 0 Å². The van der Waals surface area contributed by atoms with Gasteiger partial charge in [0.25, 0.3) is 0 Å². The summed E-state index contributed by atoms with van der Waals surface area (Å²) in [5, 5.41) is 6.51. The minimum Gasteiger partial charge on any atom is -0.497 e. The second kappa shape index (κ2) is 11.2. The fourth-order valence-corrected chi connectivity index (χ4v) is 3.68. The minimum absolute atomic E-state index is 0.0492. The van der Waals surface area contributed by atoms with Gasteiger partial charge in [-0.1, -0.05) is 0 Å². The summed E-state index contributed by atoms with van der Waals surface area (Å²) in [6, 6.07) is 16.9. The number of pyridine rings is 1. The number of urea groups is 1. The van der Waals surface area contributed by atoms with Crippen molar-refractivity contribution >= 4 is 34.1 Å². The molecule has 2 amide bonds. The molecule has 4 rings (SSSR count). The molecule has 0 aliphatic rings. The van der Waals surface area contributed by atoms with Crippen molar-refractivity contribution in [3.63, 3.8) is 0 Å². The molecule has 0 bridgehead atoms. The molecule has 0 unspecified atom stereocenters. The van der Waals surface area contributed by atoms with E-state index in [4.69, 9.17) is 24.7 Å². The van der Waals surface area contributed by atoms with Crippen molar-refractivity contribution in [3.8, 4) is 28.7 Å². The van der Waals surface area contributed by atoms with E-state index in [1.807, 2.05) is 6.07 Å². The number of hydrogen-bond acceptors (Lipinski definition) is 7. The number of nitrogens with zero attached hydrogens (tertiary/aromatic N) is 2. The molecule has 10 nitrogen and oxygen atoms in total. The molecular weight excluding hydrogens is 474 g/mol. The smallest absolute Gasteiger partial charge is 0.347 e. The standard InChI is InChI=1S/C27H27N5O5/c1-29-21-13-18(37-23-11-12-30-22-15-25(36-4)24(35-3)14-20(22)23)9-10-19(21)26(28)32-27(33)31-16-5-7-17(34-2)8-6-16/h5-15,29H,1-4H3,(H3,28,31,32,33). The van der Waals surface area contributed by atoms with E-state index in [0.717, 1.165) is 5.39 Å². The van der Waals surface area contributed by atoms with Crippen molar-refractivity contribution in [2.24, 2.45) is 10.7 Å². The van der Waals surface area contributed by atoms with E-state index in [1.54, 1.807) is 89.2 Å². The van der Waals surface area contributed by atoms with Crippen LogP contribution in [0.2, 0.25) is 0 Å². The maximum atomic E-state index is 12.4. The number of carbonyl (C=O) groups excluding carboxylic acids is 1. The highest BCUT2D eigenvalue weighted by Gasteiger charge is 2.14. The van der Waals surface area contributed by atoms with Crippen molar-refractivity contribution in [3.05, 3.63) is 72.4 Å². The van der Waals surface area contributed by atoms with Gasteiger partial charge in [-0.2, -0.15) is 4.99 Å². The van der Waals surface area contributed by atoms with Gasteiger partial charge in [0.2, 0.25) is 0 Å². The molecule has 0 aliphatic carbocycles. The summed E-state index contributed by atoms with van der Waals surface area (Å²) in [5.41, 5.74) is 8.60. The van der Waals surface area contributed by atoms with Crippen LogP contribution in [-0.2, 0) is 0 Å². The lowest BCUT2D eigenvalue weighted by atomic mass is 10.1. The quantitative estimate of drug-likeness (QED) is 0.226. The Kier molecular flexibility index (Phi) is 7.58. The summed E-state index contributed by atoms with van der Waals surface area (Å²) in [5.74, 6) is 3.00. The number of nitrogens with two attached hydrogens (primary N) is 1. The number of aromatic nitrogens is 1. The first-order chi connectivity index (χ1) is 17.9. The van der Waals surface area contributed by atoms with Gasteiger partial charge in [-0.05, 0) is 48.5 Å². The highest BCUT2D eigenvalue weighted by Crippen LogP contribution is 2.37. The predicted molar refractivity (Wildman–Crippen MR) is 144 cm³/mol. The largest absolute Gasteiger partial charge is 0.497 e. The lowest BCUT2D eigenvalue weighted by Gasteiger charge is -2.14. The topological polar surface area (TPSA) is 129 Å². The molecule has 37 heavy (non-hydrogen) atoms. The zero-order valence-corrected chi connectivity index (χ0v) is 20.9.